The van der Waals surface area contributed by atoms with E-state index >= 15 is 0 Å². The Kier molecular flexibility index (Phi) is 9.36. The molecule has 8 nitrogen and oxygen atoms in total. The van der Waals surface area contributed by atoms with Crippen LogP contribution in [0.3, 0.4) is 0 Å². The highest BCUT2D eigenvalue weighted by molar-refractivity contribution is 7.92. The number of amides is 1. The fourth-order valence-corrected chi connectivity index (χ4v) is 6.42. The molecule has 35 heavy (non-hydrogen) atoms. The summed E-state index contributed by atoms with van der Waals surface area (Å²) < 4.78 is 37.4. The van der Waals surface area contributed by atoms with Crippen LogP contribution in [0.2, 0.25) is 5.02 Å². The standard InChI is InChI=1S/C23H26ClN3O5S2.ClH/c1-16-13-17(24)14-20-22(16)25-23(33-20)27(8-7-26-9-11-32-12-10-26)21(28)15-34(29,30)19-5-3-18(31-2)4-6-19;/h3-6,13-14H,7-12,15H2,1-2H3;1H. The lowest BCUT2D eigenvalue weighted by atomic mass is 10.2. The van der Waals surface area contributed by atoms with Crippen LogP contribution in [-0.2, 0) is 19.4 Å². The van der Waals surface area contributed by atoms with Crippen LogP contribution in [0, 0.1) is 6.92 Å². The number of methoxy groups -OCH3 is 1. The predicted molar refractivity (Wildman–Crippen MR) is 141 cm³/mol. The van der Waals surface area contributed by atoms with Gasteiger partial charge >= 0.3 is 0 Å². The largest absolute Gasteiger partial charge is 0.497 e. The number of carbonyl (C=O) groups excluding carboxylic acids is 1. The molecule has 0 N–H and O–H groups in total. The van der Waals surface area contributed by atoms with Gasteiger partial charge in [0, 0.05) is 31.2 Å². The van der Waals surface area contributed by atoms with E-state index in [1.807, 2.05) is 19.1 Å². The van der Waals surface area contributed by atoms with Gasteiger partial charge in [-0.2, -0.15) is 0 Å². The zero-order valence-corrected chi connectivity index (χ0v) is 22.6. The van der Waals surface area contributed by atoms with E-state index in [1.165, 1.54) is 35.5 Å². The topological polar surface area (TPSA) is 89.0 Å². The van der Waals surface area contributed by atoms with Crippen LogP contribution < -0.4 is 9.64 Å². The Morgan fingerprint density at radius 2 is 1.91 bits per heavy atom. The number of morpholine rings is 1. The van der Waals surface area contributed by atoms with E-state index in [1.54, 1.807) is 12.1 Å². The van der Waals surface area contributed by atoms with Gasteiger partial charge in [-0.25, -0.2) is 13.4 Å². The number of hydrogen-bond acceptors (Lipinski definition) is 8. The third-order valence-electron chi connectivity index (χ3n) is 5.65. The quantitative estimate of drug-likeness (QED) is 0.414. The number of hydrogen-bond donors (Lipinski definition) is 0. The summed E-state index contributed by atoms with van der Waals surface area (Å²) in [7, 11) is -2.34. The first-order chi connectivity index (χ1) is 16.3. The number of rotatable bonds is 8. The van der Waals surface area contributed by atoms with Gasteiger partial charge in [0.05, 0.1) is 35.4 Å². The summed E-state index contributed by atoms with van der Waals surface area (Å²) >= 11 is 7.54. The Hall–Kier alpha value is -1.95. The van der Waals surface area contributed by atoms with Crippen LogP contribution in [0.1, 0.15) is 5.56 Å². The first-order valence-electron chi connectivity index (χ1n) is 10.8. The number of thiazole rings is 1. The van der Waals surface area contributed by atoms with Crippen molar-refractivity contribution in [2.75, 3.05) is 57.2 Å². The highest BCUT2D eigenvalue weighted by atomic mass is 35.5. The van der Waals surface area contributed by atoms with Gasteiger partial charge in [-0.3, -0.25) is 14.6 Å². The molecule has 4 rings (SSSR count). The van der Waals surface area contributed by atoms with E-state index in [9.17, 15) is 13.2 Å². The smallest absolute Gasteiger partial charge is 0.244 e. The molecule has 3 aromatic rings. The molecular formula is C23H27Cl2N3O5S2. The first kappa shape index (κ1) is 27.6. The number of carbonyl (C=O) groups is 1. The maximum absolute atomic E-state index is 13.4. The summed E-state index contributed by atoms with van der Waals surface area (Å²) in [5.74, 6) is -0.634. The third-order valence-corrected chi connectivity index (χ3v) is 8.51. The van der Waals surface area contributed by atoms with E-state index in [4.69, 9.17) is 21.1 Å². The van der Waals surface area contributed by atoms with Crippen molar-refractivity contribution in [1.29, 1.82) is 0 Å². The predicted octanol–water partition coefficient (Wildman–Crippen LogP) is 3.83. The summed E-state index contributed by atoms with van der Waals surface area (Å²) in [5.41, 5.74) is 1.66. The van der Waals surface area contributed by atoms with Crippen molar-refractivity contribution in [1.82, 2.24) is 9.88 Å². The molecule has 0 radical (unpaired) electrons. The molecular weight excluding hydrogens is 533 g/mol. The summed E-state index contributed by atoms with van der Waals surface area (Å²) in [6.07, 6.45) is 0. The monoisotopic (exact) mass is 559 g/mol. The molecule has 12 heteroatoms. The second kappa shape index (κ2) is 11.9. The van der Waals surface area contributed by atoms with Crippen LogP contribution in [-0.4, -0.2) is 76.5 Å². The minimum atomic E-state index is -3.85. The minimum Gasteiger partial charge on any atom is -0.497 e. The summed E-state index contributed by atoms with van der Waals surface area (Å²) in [6.45, 7) is 5.63. The van der Waals surface area contributed by atoms with Gasteiger partial charge in [0.2, 0.25) is 5.91 Å². The van der Waals surface area contributed by atoms with Crippen LogP contribution in [0.5, 0.6) is 5.75 Å². The van der Waals surface area contributed by atoms with Crippen LogP contribution >= 0.6 is 35.3 Å². The highest BCUT2D eigenvalue weighted by Crippen LogP contribution is 2.33. The second-order valence-electron chi connectivity index (χ2n) is 8.00. The number of aromatic nitrogens is 1. The van der Waals surface area contributed by atoms with E-state index in [0.717, 1.165) is 28.9 Å². The van der Waals surface area contributed by atoms with Gasteiger partial charge in [-0.05, 0) is 48.9 Å². The normalized spacial score (nSPS) is 14.5. The molecule has 2 heterocycles. The Bertz CT molecular complexity index is 1280. The summed E-state index contributed by atoms with van der Waals surface area (Å²) in [5, 5.41) is 1.05. The van der Waals surface area contributed by atoms with Gasteiger partial charge in [-0.15, -0.1) is 12.4 Å². The molecule has 0 saturated carbocycles. The number of ether oxygens (including phenoxy) is 2. The molecule has 1 fully saturated rings. The molecule has 0 unspecified atom stereocenters. The van der Waals surface area contributed by atoms with E-state index < -0.39 is 21.5 Å². The lowest BCUT2D eigenvalue weighted by molar-refractivity contribution is -0.116. The van der Waals surface area contributed by atoms with Gasteiger partial charge < -0.3 is 9.47 Å². The SMILES string of the molecule is COc1ccc(S(=O)(=O)CC(=O)N(CCN2CCOCC2)c2nc3c(C)cc(Cl)cc3s2)cc1.Cl. The van der Waals surface area contributed by atoms with Gasteiger partial charge in [0.15, 0.2) is 15.0 Å². The van der Waals surface area contributed by atoms with E-state index in [0.29, 0.717) is 42.2 Å². The molecule has 1 aliphatic rings. The number of halogens is 2. The van der Waals surface area contributed by atoms with Gasteiger partial charge in [0.1, 0.15) is 11.5 Å². The highest BCUT2D eigenvalue weighted by Gasteiger charge is 2.27. The maximum Gasteiger partial charge on any atom is 0.244 e. The van der Waals surface area contributed by atoms with E-state index in [-0.39, 0.29) is 17.3 Å². The zero-order valence-electron chi connectivity index (χ0n) is 19.4. The summed E-state index contributed by atoms with van der Waals surface area (Å²) in [6, 6.07) is 9.65. The fourth-order valence-electron chi connectivity index (χ4n) is 3.76. The Labute approximate surface area is 220 Å². The molecule has 190 valence electrons. The van der Waals surface area contributed by atoms with Crippen molar-refractivity contribution in [2.45, 2.75) is 11.8 Å². The molecule has 1 saturated heterocycles. The molecule has 0 atom stereocenters. The van der Waals surface area contributed by atoms with Gasteiger partial charge in [0.25, 0.3) is 0 Å². The second-order valence-corrected chi connectivity index (χ2v) is 11.4. The van der Waals surface area contributed by atoms with Crippen LogP contribution in [0.4, 0.5) is 5.13 Å². The lowest BCUT2D eigenvalue weighted by Crippen LogP contribution is -2.44. The lowest BCUT2D eigenvalue weighted by Gasteiger charge is -2.29. The molecule has 0 aliphatic carbocycles. The molecule has 0 spiro atoms. The number of fused-ring (bicyclic) bond motifs is 1. The minimum absolute atomic E-state index is 0. The first-order valence-corrected chi connectivity index (χ1v) is 13.7. The number of benzene rings is 2. The molecule has 2 aromatic carbocycles. The average molecular weight is 561 g/mol. The van der Waals surface area contributed by atoms with Crippen molar-refractivity contribution < 1.29 is 22.7 Å². The maximum atomic E-state index is 13.4. The molecule has 0 bridgehead atoms. The Morgan fingerprint density at radius 1 is 1.23 bits per heavy atom. The zero-order chi connectivity index (χ0) is 24.3. The molecule has 1 aliphatic heterocycles. The van der Waals surface area contributed by atoms with Crippen molar-refractivity contribution in [3.63, 3.8) is 0 Å². The van der Waals surface area contributed by atoms with Crippen molar-refractivity contribution >= 4 is 66.4 Å². The third kappa shape index (κ3) is 6.63. The van der Waals surface area contributed by atoms with Crippen molar-refractivity contribution in [3.8, 4) is 5.75 Å². The van der Waals surface area contributed by atoms with E-state index in [2.05, 4.69) is 9.88 Å². The average Bonchev–Trinajstić information content (AvgIpc) is 3.23. The number of anilines is 1. The molecule has 1 aromatic heterocycles. The summed E-state index contributed by atoms with van der Waals surface area (Å²) in [4.78, 5) is 21.8. The van der Waals surface area contributed by atoms with Gasteiger partial charge in [-0.1, -0.05) is 22.9 Å². The number of nitrogens with zero attached hydrogens (tertiary/aromatic N) is 3. The number of aryl methyl sites for hydroxylation is 1. The fraction of sp³-hybridized carbons (Fsp3) is 0.391. The van der Waals surface area contributed by atoms with Crippen molar-refractivity contribution in [3.05, 3.63) is 47.0 Å². The molecule has 1 amide bonds. The Balaban J connectivity index is 0.00000342. The van der Waals surface area contributed by atoms with Crippen LogP contribution in [0.25, 0.3) is 10.2 Å². The number of sulfone groups is 1. The Morgan fingerprint density at radius 3 is 2.57 bits per heavy atom. The van der Waals surface area contributed by atoms with Crippen molar-refractivity contribution in [2.24, 2.45) is 0 Å². The van der Waals surface area contributed by atoms with Crippen LogP contribution in [0.15, 0.2) is 41.3 Å².